The Bertz CT molecular complexity index is 332. The lowest BCUT2D eigenvalue weighted by Gasteiger charge is -2.19. The van der Waals surface area contributed by atoms with Crippen molar-refractivity contribution in [1.82, 2.24) is 15.5 Å². The first-order valence-corrected chi connectivity index (χ1v) is 8.22. The molecular weight excluding hydrogens is 242 g/mol. The van der Waals surface area contributed by atoms with Gasteiger partial charge in [0.05, 0.1) is 0 Å². The van der Waals surface area contributed by atoms with Gasteiger partial charge in [0.1, 0.15) is 10.0 Å². The molecule has 4 heteroatoms. The van der Waals surface area contributed by atoms with Crippen LogP contribution in [0.3, 0.4) is 0 Å². The Balaban J connectivity index is 1.71. The molecule has 1 heterocycles. The second kappa shape index (κ2) is 7.85. The molecule has 3 nitrogen and oxygen atoms in total. The van der Waals surface area contributed by atoms with Crippen molar-refractivity contribution in [3.05, 3.63) is 10.0 Å². The molecule has 1 fully saturated rings. The van der Waals surface area contributed by atoms with Gasteiger partial charge in [0, 0.05) is 19.4 Å². The zero-order valence-corrected chi connectivity index (χ0v) is 12.3. The molecule has 1 aliphatic carbocycles. The highest BCUT2D eigenvalue weighted by molar-refractivity contribution is 7.11. The summed E-state index contributed by atoms with van der Waals surface area (Å²) in [6.07, 6.45) is 10.4. The van der Waals surface area contributed by atoms with Gasteiger partial charge in [-0.25, -0.2) is 0 Å². The maximum absolute atomic E-state index is 4.35. The van der Waals surface area contributed by atoms with E-state index in [-0.39, 0.29) is 0 Å². The van der Waals surface area contributed by atoms with E-state index in [1.807, 2.05) is 11.3 Å². The first-order chi connectivity index (χ1) is 8.88. The number of aromatic nitrogens is 2. The standard InChI is InChI=1S/C14H25N3S/c1-2-9-15-10-8-13-16-17-14(18-13)11-12-6-4-3-5-7-12/h12,15H,2-11H2,1H3. The van der Waals surface area contributed by atoms with E-state index >= 15 is 0 Å². The maximum atomic E-state index is 4.35. The summed E-state index contributed by atoms with van der Waals surface area (Å²) < 4.78 is 0. The zero-order chi connectivity index (χ0) is 12.6. The lowest BCUT2D eigenvalue weighted by atomic mass is 9.87. The van der Waals surface area contributed by atoms with Crippen molar-refractivity contribution in [3.63, 3.8) is 0 Å². The van der Waals surface area contributed by atoms with Crippen molar-refractivity contribution < 1.29 is 0 Å². The molecule has 0 saturated heterocycles. The molecule has 0 aromatic carbocycles. The third kappa shape index (κ3) is 4.65. The van der Waals surface area contributed by atoms with E-state index in [9.17, 15) is 0 Å². The molecule has 0 unspecified atom stereocenters. The van der Waals surface area contributed by atoms with Crippen LogP contribution in [0, 0.1) is 5.92 Å². The number of hydrogen-bond donors (Lipinski definition) is 1. The molecule has 102 valence electrons. The number of rotatable bonds is 7. The Morgan fingerprint density at radius 1 is 1.11 bits per heavy atom. The van der Waals surface area contributed by atoms with Crippen LogP contribution >= 0.6 is 11.3 Å². The van der Waals surface area contributed by atoms with E-state index < -0.39 is 0 Å². The monoisotopic (exact) mass is 267 g/mol. The van der Waals surface area contributed by atoms with Crippen molar-refractivity contribution in [1.29, 1.82) is 0 Å². The summed E-state index contributed by atoms with van der Waals surface area (Å²) in [7, 11) is 0. The van der Waals surface area contributed by atoms with Crippen LogP contribution in [-0.2, 0) is 12.8 Å². The highest BCUT2D eigenvalue weighted by atomic mass is 32.1. The van der Waals surface area contributed by atoms with Crippen molar-refractivity contribution in [3.8, 4) is 0 Å². The molecule has 1 aromatic rings. The Kier molecular flexibility index (Phi) is 6.08. The molecule has 0 amide bonds. The fourth-order valence-corrected chi connectivity index (χ4v) is 3.57. The van der Waals surface area contributed by atoms with Crippen LogP contribution in [0.15, 0.2) is 0 Å². The maximum Gasteiger partial charge on any atom is 0.118 e. The van der Waals surface area contributed by atoms with Crippen molar-refractivity contribution >= 4 is 11.3 Å². The van der Waals surface area contributed by atoms with E-state index in [0.29, 0.717) is 0 Å². The second-order valence-corrected chi connectivity index (χ2v) is 6.44. The zero-order valence-electron chi connectivity index (χ0n) is 11.5. The minimum atomic E-state index is 0.873. The second-order valence-electron chi connectivity index (χ2n) is 5.30. The van der Waals surface area contributed by atoms with Crippen LogP contribution < -0.4 is 5.32 Å². The molecule has 0 radical (unpaired) electrons. The molecule has 0 spiro atoms. The van der Waals surface area contributed by atoms with Crippen molar-refractivity contribution in [2.45, 2.75) is 58.3 Å². The summed E-state index contributed by atoms with van der Waals surface area (Å²) in [4.78, 5) is 0. The van der Waals surface area contributed by atoms with Gasteiger partial charge < -0.3 is 5.32 Å². The van der Waals surface area contributed by atoms with Crippen LogP contribution in [0.1, 0.15) is 55.5 Å². The molecule has 0 atom stereocenters. The fourth-order valence-electron chi connectivity index (χ4n) is 2.61. The first kappa shape index (κ1) is 13.9. The normalized spacial score (nSPS) is 17.2. The van der Waals surface area contributed by atoms with Crippen LogP contribution in [0.2, 0.25) is 0 Å². The van der Waals surface area contributed by atoms with Gasteiger partial charge >= 0.3 is 0 Å². The SMILES string of the molecule is CCCNCCc1nnc(CC2CCCCC2)s1. The van der Waals surface area contributed by atoms with Gasteiger partial charge in [-0.15, -0.1) is 21.5 Å². The summed E-state index contributed by atoms with van der Waals surface area (Å²) in [5, 5.41) is 14.5. The topological polar surface area (TPSA) is 37.8 Å². The fraction of sp³-hybridized carbons (Fsp3) is 0.857. The Morgan fingerprint density at radius 3 is 2.67 bits per heavy atom. The number of hydrogen-bond acceptors (Lipinski definition) is 4. The van der Waals surface area contributed by atoms with Crippen LogP contribution in [0.4, 0.5) is 0 Å². The van der Waals surface area contributed by atoms with Crippen molar-refractivity contribution in [2.24, 2.45) is 5.92 Å². The van der Waals surface area contributed by atoms with E-state index in [1.54, 1.807) is 0 Å². The van der Waals surface area contributed by atoms with Crippen molar-refractivity contribution in [2.75, 3.05) is 13.1 Å². The average Bonchev–Trinajstić information content (AvgIpc) is 2.84. The summed E-state index contributed by atoms with van der Waals surface area (Å²) in [5.74, 6) is 0.873. The van der Waals surface area contributed by atoms with E-state index in [4.69, 9.17) is 0 Å². The molecule has 1 N–H and O–H groups in total. The number of nitrogens with one attached hydrogen (secondary N) is 1. The van der Waals surface area contributed by atoms with E-state index in [2.05, 4.69) is 22.4 Å². The minimum absolute atomic E-state index is 0.873. The number of nitrogens with zero attached hydrogens (tertiary/aromatic N) is 2. The molecule has 1 aliphatic rings. The largest absolute Gasteiger partial charge is 0.316 e. The predicted molar refractivity (Wildman–Crippen MR) is 77.1 cm³/mol. The lowest BCUT2D eigenvalue weighted by molar-refractivity contribution is 0.356. The predicted octanol–water partition coefficient (Wildman–Crippen LogP) is 3.20. The lowest BCUT2D eigenvalue weighted by Crippen LogP contribution is -2.17. The molecule has 2 rings (SSSR count). The van der Waals surface area contributed by atoms with Gasteiger partial charge in [0.15, 0.2) is 0 Å². The van der Waals surface area contributed by atoms with Gasteiger partial charge in [-0.1, -0.05) is 39.0 Å². The van der Waals surface area contributed by atoms with Crippen LogP contribution in [0.25, 0.3) is 0 Å². The van der Waals surface area contributed by atoms with Gasteiger partial charge in [0.25, 0.3) is 0 Å². The summed E-state index contributed by atoms with van der Waals surface area (Å²) >= 11 is 1.82. The Labute approximate surface area is 114 Å². The average molecular weight is 267 g/mol. The molecule has 1 aromatic heterocycles. The molecule has 18 heavy (non-hydrogen) atoms. The summed E-state index contributed by atoms with van der Waals surface area (Å²) in [6, 6.07) is 0. The first-order valence-electron chi connectivity index (χ1n) is 7.40. The van der Waals surface area contributed by atoms with Gasteiger partial charge in [0.2, 0.25) is 0 Å². The quantitative estimate of drug-likeness (QED) is 0.771. The highest BCUT2D eigenvalue weighted by Crippen LogP contribution is 2.27. The van der Waals surface area contributed by atoms with Gasteiger partial charge in [-0.2, -0.15) is 0 Å². The molecule has 0 aliphatic heterocycles. The van der Waals surface area contributed by atoms with Crippen LogP contribution in [0.5, 0.6) is 0 Å². The van der Waals surface area contributed by atoms with E-state index in [0.717, 1.165) is 25.4 Å². The van der Waals surface area contributed by atoms with Gasteiger partial charge in [-0.3, -0.25) is 0 Å². The minimum Gasteiger partial charge on any atom is -0.316 e. The summed E-state index contributed by atoms with van der Waals surface area (Å²) in [5.41, 5.74) is 0. The Hall–Kier alpha value is -0.480. The third-order valence-corrected chi connectivity index (χ3v) is 4.64. The van der Waals surface area contributed by atoms with E-state index in [1.165, 1.54) is 55.0 Å². The third-order valence-electron chi connectivity index (χ3n) is 3.64. The molecular formula is C14H25N3S. The smallest absolute Gasteiger partial charge is 0.118 e. The molecule has 1 saturated carbocycles. The Morgan fingerprint density at radius 2 is 1.89 bits per heavy atom. The molecule has 0 bridgehead atoms. The van der Waals surface area contributed by atoms with Gasteiger partial charge in [-0.05, 0) is 18.9 Å². The highest BCUT2D eigenvalue weighted by Gasteiger charge is 2.16. The van der Waals surface area contributed by atoms with Crippen LogP contribution in [-0.4, -0.2) is 23.3 Å². The summed E-state index contributed by atoms with van der Waals surface area (Å²) in [6.45, 7) is 4.33.